The van der Waals surface area contributed by atoms with Crippen LogP contribution in [0.25, 0.3) is 0 Å². The Labute approximate surface area is 198 Å². The average Bonchev–Trinajstić information content (AvgIpc) is 3.21. The summed E-state index contributed by atoms with van der Waals surface area (Å²) >= 11 is 0. The lowest BCUT2D eigenvalue weighted by molar-refractivity contribution is 0.528. The molecule has 31 heavy (non-hydrogen) atoms. The van der Waals surface area contributed by atoms with Crippen molar-refractivity contribution in [2.75, 3.05) is 0 Å². The number of nitrogens with zero attached hydrogens (tertiary/aromatic N) is 2. The largest absolute Gasteiger partial charge is 0.331 e. The van der Waals surface area contributed by atoms with Crippen LogP contribution in [0.3, 0.4) is 0 Å². The third-order valence-corrected chi connectivity index (χ3v) is 6.25. The second-order valence-corrected chi connectivity index (χ2v) is 9.01. The number of hydrogen-bond acceptors (Lipinski definition) is 1. The molecule has 2 nitrogen and oxygen atoms in total. The summed E-state index contributed by atoms with van der Waals surface area (Å²) in [5.74, 6) is 1.24. The highest BCUT2D eigenvalue weighted by Gasteiger charge is 2.03. The summed E-state index contributed by atoms with van der Waals surface area (Å²) in [5.41, 5.74) is 1.35. The minimum atomic E-state index is 0. The molecule has 0 bridgehead atoms. The van der Waals surface area contributed by atoms with Gasteiger partial charge in [-0.1, -0.05) is 134 Å². The summed E-state index contributed by atoms with van der Waals surface area (Å²) in [5, 5.41) is 0. The number of hydrogen-bond donors (Lipinski definition) is 0. The van der Waals surface area contributed by atoms with Crippen LogP contribution in [0.5, 0.6) is 0 Å². The van der Waals surface area contributed by atoms with E-state index in [9.17, 15) is 0 Å². The van der Waals surface area contributed by atoms with Crippen molar-refractivity contribution in [2.45, 2.75) is 123 Å². The molecule has 0 spiro atoms. The van der Waals surface area contributed by atoms with Crippen molar-refractivity contribution in [1.29, 1.82) is 0 Å². The van der Waals surface area contributed by atoms with Gasteiger partial charge in [-0.05, 0) is 12.0 Å². The lowest BCUT2D eigenvalue weighted by Gasteiger charge is -2.08. The summed E-state index contributed by atoms with van der Waals surface area (Å²) in [6.07, 6.45) is 27.9. The Morgan fingerprint density at radius 2 is 1.13 bits per heavy atom. The van der Waals surface area contributed by atoms with Crippen molar-refractivity contribution in [3.8, 4) is 0 Å². The van der Waals surface area contributed by atoms with E-state index in [1.165, 1.54) is 114 Å². The summed E-state index contributed by atoms with van der Waals surface area (Å²) in [6, 6.07) is 10.7. The second-order valence-electron chi connectivity index (χ2n) is 9.01. The number of halogens is 1. The van der Waals surface area contributed by atoms with E-state index in [0.29, 0.717) is 0 Å². The number of aryl methyl sites for hydroxylation is 1. The SMILES string of the molecule is CCCCCCCCCCCCCCCCCCc1nccn1Cc1ccccc1.Cl. The highest BCUT2D eigenvalue weighted by molar-refractivity contribution is 5.85. The van der Waals surface area contributed by atoms with Gasteiger partial charge in [-0.2, -0.15) is 0 Å². The van der Waals surface area contributed by atoms with Crippen molar-refractivity contribution < 1.29 is 0 Å². The molecule has 176 valence electrons. The van der Waals surface area contributed by atoms with Crippen molar-refractivity contribution in [3.63, 3.8) is 0 Å². The standard InChI is InChI=1S/C28H46N2.ClH/c1-2-3-4-5-6-7-8-9-10-11-12-13-14-15-16-20-23-28-29-24-25-30(28)26-27-21-18-17-19-22-27;/h17-19,21-22,24-25H,2-16,20,23,26H2,1H3;1H. The van der Waals surface area contributed by atoms with Crippen LogP contribution in [0.2, 0.25) is 0 Å². The molecule has 0 aliphatic carbocycles. The van der Waals surface area contributed by atoms with Crippen LogP contribution in [-0.4, -0.2) is 9.55 Å². The van der Waals surface area contributed by atoms with Gasteiger partial charge in [-0.25, -0.2) is 4.98 Å². The molecule has 0 atom stereocenters. The number of imidazole rings is 1. The summed E-state index contributed by atoms with van der Waals surface area (Å²) < 4.78 is 2.31. The Morgan fingerprint density at radius 3 is 1.65 bits per heavy atom. The molecular weight excluding hydrogens is 400 g/mol. The first-order chi connectivity index (χ1) is 14.9. The first-order valence-corrected chi connectivity index (χ1v) is 12.9. The molecule has 0 saturated heterocycles. The van der Waals surface area contributed by atoms with Gasteiger partial charge in [0.2, 0.25) is 0 Å². The third-order valence-electron chi connectivity index (χ3n) is 6.25. The maximum atomic E-state index is 4.58. The Bertz CT molecular complexity index is 623. The minimum Gasteiger partial charge on any atom is -0.331 e. The quantitative estimate of drug-likeness (QED) is 0.196. The van der Waals surface area contributed by atoms with Gasteiger partial charge >= 0.3 is 0 Å². The summed E-state index contributed by atoms with van der Waals surface area (Å²) in [7, 11) is 0. The molecule has 0 aliphatic heterocycles. The van der Waals surface area contributed by atoms with Crippen LogP contribution in [-0.2, 0) is 13.0 Å². The molecule has 0 aliphatic rings. The molecule has 3 heteroatoms. The van der Waals surface area contributed by atoms with Gasteiger partial charge in [0, 0.05) is 25.4 Å². The molecule has 1 aromatic carbocycles. The molecule has 0 N–H and O–H groups in total. The molecule has 1 heterocycles. The van der Waals surface area contributed by atoms with E-state index in [4.69, 9.17) is 0 Å². The number of unbranched alkanes of at least 4 members (excludes halogenated alkanes) is 15. The Hall–Kier alpha value is -1.28. The molecule has 2 rings (SSSR count). The molecular formula is C28H47ClN2. The van der Waals surface area contributed by atoms with Crippen molar-refractivity contribution in [1.82, 2.24) is 9.55 Å². The predicted molar refractivity (Wildman–Crippen MR) is 138 cm³/mol. The number of rotatable bonds is 19. The van der Waals surface area contributed by atoms with Gasteiger partial charge in [0.1, 0.15) is 5.82 Å². The Morgan fingerprint density at radius 1 is 0.645 bits per heavy atom. The van der Waals surface area contributed by atoms with Crippen LogP contribution in [0, 0.1) is 0 Å². The van der Waals surface area contributed by atoms with Crippen LogP contribution in [0.1, 0.15) is 121 Å². The molecule has 0 amide bonds. The van der Waals surface area contributed by atoms with E-state index in [-0.39, 0.29) is 12.4 Å². The maximum Gasteiger partial charge on any atom is 0.108 e. The third kappa shape index (κ3) is 13.7. The van der Waals surface area contributed by atoms with E-state index in [0.717, 1.165) is 13.0 Å². The van der Waals surface area contributed by atoms with Gasteiger partial charge in [0.05, 0.1) is 0 Å². The van der Waals surface area contributed by atoms with Gasteiger partial charge in [-0.15, -0.1) is 12.4 Å². The molecule has 1 aromatic heterocycles. The van der Waals surface area contributed by atoms with Crippen LogP contribution in [0.4, 0.5) is 0 Å². The van der Waals surface area contributed by atoms with Gasteiger partial charge < -0.3 is 4.57 Å². The molecule has 2 aromatic rings. The summed E-state index contributed by atoms with van der Waals surface area (Å²) in [4.78, 5) is 4.58. The monoisotopic (exact) mass is 446 g/mol. The van der Waals surface area contributed by atoms with Gasteiger partial charge in [0.25, 0.3) is 0 Å². The first kappa shape index (κ1) is 27.8. The highest BCUT2D eigenvalue weighted by atomic mass is 35.5. The number of benzene rings is 1. The van der Waals surface area contributed by atoms with E-state index in [2.05, 4.69) is 53.0 Å². The highest BCUT2D eigenvalue weighted by Crippen LogP contribution is 2.14. The van der Waals surface area contributed by atoms with Gasteiger partial charge in [0.15, 0.2) is 0 Å². The zero-order valence-corrected chi connectivity index (χ0v) is 20.9. The Kier molecular flexibility index (Phi) is 17.4. The van der Waals surface area contributed by atoms with Crippen molar-refractivity contribution in [3.05, 3.63) is 54.1 Å². The van der Waals surface area contributed by atoms with Crippen molar-refractivity contribution >= 4 is 12.4 Å². The zero-order valence-electron chi connectivity index (χ0n) is 20.1. The molecule has 0 unspecified atom stereocenters. The first-order valence-electron chi connectivity index (χ1n) is 12.9. The Balaban J connectivity index is 0.00000480. The minimum absolute atomic E-state index is 0. The number of aromatic nitrogens is 2. The lowest BCUT2D eigenvalue weighted by Crippen LogP contribution is -2.04. The van der Waals surface area contributed by atoms with Crippen LogP contribution in [0.15, 0.2) is 42.7 Å². The normalized spacial score (nSPS) is 10.9. The van der Waals surface area contributed by atoms with Crippen LogP contribution >= 0.6 is 12.4 Å². The average molecular weight is 447 g/mol. The fraction of sp³-hybridized carbons (Fsp3) is 0.679. The van der Waals surface area contributed by atoms with Crippen molar-refractivity contribution in [2.24, 2.45) is 0 Å². The van der Waals surface area contributed by atoms with E-state index < -0.39 is 0 Å². The van der Waals surface area contributed by atoms with Crippen LogP contribution < -0.4 is 0 Å². The zero-order chi connectivity index (χ0) is 21.1. The summed E-state index contributed by atoms with van der Waals surface area (Å²) in [6.45, 7) is 3.24. The lowest BCUT2D eigenvalue weighted by atomic mass is 10.0. The van der Waals surface area contributed by atoms with Gasteiger partial charge in [-0.3, -0.25) is 0 Å². The fourth-order valence-electron chi connectivity index (χ4n) is 4.32. The second kappa shape index (κ2) is 19.4. The maximum absolute atomic E-state index is 4.58. The molecule has 0 fully saturated rings. The topological polar surface area (TPSA) is 17.8 Å². The molecule has 0 saturated carbocycles. The van der Waals surface area contributed by atoms with E-state index in [1.54, 1.807) is 0 Å². The predicted octanol–water partition coefficient (Wildman–Crippen LogP) is 9.16. The smallest absolute Gasteiger partial charge is 0.108 e. The van der Waals surface area contributed by atoms with E-state index in [1.807, 2.05) is 6.20 Å². The fourth-order valence-corrected chi connectivity index (χ4v) is 4.32. The van der Waals surface area contributed by atoms with E-state index >= 15 is 0 Å². The molecule has 0 radical (unpaired) electrons.